The van der Waals surface area contributed by atoms with E-state index in [0.717, 1.165) is 6.07 Å². The number of benzene rings is 2. The number of amides is 1. The van der Waals surface area contributed by atoms with Gasteiger partial charge < -0.3 is 14.8 Å². The molecule has 0 bridgehead atoms. The lowest BCUT2D eigenvalue weighted by atomic mass is 10.1. The molecule has 0 aliphatic carbocycles. The summed E-state index contributed by atoms with van der Waals surface area (Å²) < 4.78 is 78.6. The summed E-state index contributed by atoms with van der Waals surface area (Å²) in [6.07, 6.45) is -5.51. The highest BCUT2D eigenvalue weighted by atomic mass is 19.4. The summed E-state index contributed by atoms with van der Waals surface area (Å²) in [6.45, 7) is 0.0308. The molecule has 0 fully saturated rings. The van der Waals surface area contributed by atoms with Crippen LogP contribution in [-0.2, 0) is 20.9 Å². The van der Waals surface area contributed by atoms with Gasteiger partial charge in [0.05, 0.1) is 13.2 Å². The summed E-state index contributed by atoms with van der Waals surface area (Å²) in [6, 6.07) is 9.78. The largest absolute Gasteiger partial charge is 0.462 e. The topological polar surface area (TPSA) is 64.6 Å². The maximum absolute atomic E-state index is 13.9. The zero-order valence-corrected chi connectivity index (χ0v) is 15.1. The molecule has 0 saturated carbocycles. The Balaban J connectivity index is 2.46. The summed E-state index contributed by atoms with van der Waals surface area (Å²) in [4.78, 5) is 24.5. The fourth-order valence-electron chi connectivity index (χ4n) is 2.35. The van der Waals surface area contributed by atoms with E-state index in [2.05, 4.69) is 4.74 Å². The minimum atomic E-state index is -5.51. The van der Waals surface area contributed by atoms with Crippen molar-refractivity contribution >= 4 is 11.9 Å². The van der Waals surface area contributed by atoms with Crippen LogP contribution in [-0.4, -0.2) is 30.4 Å². The van der Waals surface area contributed by atoms with Gasteiger partial charge in [0, 0.05) is 0 Å². The second-order valence-electron chi connectivity index (χ2n) is 5.72. The van der Waals surface area contributed by atoms with Crippen molar-refractivity contribution in [2.24, 2.45) is 0 Å². The zero-order valence-electron chi connectivity index (χ0n) is 15.1. The molecule has 1 amide bonds. The molecule has 0 heterocycles. The Morgan fingerprint density at radius 1 is 0.966 bits per heavy atom. The molecule has 2 aromatic rings. The summed E-state index contributed by atoms with van der Waals surface area (Å²) in [7, 11) is 0. The highest BCUT2D eigenvalue weighted by Crippen LogP contribution is 2.34. The monoisotopic (exact) mass is 417 g/mol. The summed E-state index contributed by atoms with van der Waals surface area (Å²) >= 11 is 0. The Kier molecular flexibility index (Phi) is 6.91. The van der Waals surface area contributed by atoms with Gasteiger partial charge in [0.25, 0.3) is 5.91 Å². The Labute approximate surface area is 162 Å². The number of hydrogen-bond donors (Lipinski definition) is 1. The van der Waals surface area contributed by atoms with Gasteiger partial charge >= 0.3 is 17.9 Å². The van der Waals surface area contributed by atoms with Gasteiger partial charge in [-0.2, -0.15) is 13.2 Å². The molecule has 156 valence electrons. The maximum Gasteiger partial charge on any atom is 0.448 e. The van der Waals surface area contributed by atoms with E-state index in [0.29, 0.717) is 12.1 Å². The molecular weight excluding hydrogens is 401 g/mol. The van der Waals surface area contributed by atoms with E-state index in [4.69, 9.17) is 4.74 Å². The maximum atomic E-state index is 13.9. The number of hydrogen-bond acceptors (Lipinski definition) is 4. The van der Waals surface area contributed by atoms with E-state index in [1.54, 1.807) is 6.07 Å². The predicted molar refractivity (Wildman–Crippen MR) is 90.5 cm³/mol. The van der Waals surface area contributed by atoms with Crippen molar-refractivity contribution in [1.29, 1.82) is 0 Å². The van der Waals surface area contributed by atoms with Crippen LogP contribution in [0.25, 0.3) is 0 Å². The van der Waals surface area contributed by atoms with Gasteiger partial charge in [0.2, 0.25) is 0 Å². The van der Waals surface area contributed by atoms with Crippen LogP contribution in [0.5, 0.6) is 0 Å². The van der Waals surface area contributed by atoms with E-state index < -0.39 is 54.2 Å². The third-order valence-corrected chi connectivity index (χ3v) is 3.74. The molecule has 1 N–H and O–H groups in total. The van der Waals surface area contributed by atoms with Gasteiger partial charge in [-0.3, -0.25) is 4.79 Å². The first-order chi connectivity index (χ1) is 13.6. The van der Waals surface area contributed by atoms with Crippen LogP contribution in [0.1, 0.15) is 22.8 Å². The van der Waals surface area contributed by atoms with Crippen molar-refractivity contribution in [3.63, 3.8) is 0 Å². The van der Waals surface area contributed by atoms with Crippen LogP contribution in [0.15, 0.2) is 48.5 Å². The van der Waals surface area contributed by atoms with Gasteiger partial charge in [-0.05, 0) is 24.6 Å². The van der Waals surface area contributed by atoms with Crippen molar-refractivity contribution in [3.8, 4) is 0 Å². The number of halogens is 5. The molecule has 0 saturated heterocycles. The summed E-state index contributed by atoms with van der Waals surface area (Å²) in [5, 5.41) is 1.28. The Morgan fingerprint density at radius 3 is 2.07 bits per heavy atom. The lowest BCUT2D eigenvalue weighted by molar-refractivity contribution is -0.287. The molecule has 29 heavy (non-hydrogen) atoms. The number of rotatable bonds is 7. The van der Waals surface area contributed by atoms with E-state index in [-0.39, 0.29) is 5.56 Å². The van der Waals surface area contributed by atoms with Gasteiger partial charge in [-0.15, -0.1) is 0 Å². The van der Waals surface area contributed by atoms with Crippen LogP contribution in [0.3, 0.4) is 0 Å². The normalized spacial score (nSPS) is 13.4. The van der Waals surface area contributed by atoms with E-state index >= 15 is 0 Å². The van der Waals surface area contributed by atoms with Crippen molar-refractivity contribution in [1.82, 2.24) is 5.32 Å². The number of ether oxygens (including phenoxy) is 2. The standard InChI is InChI=1S/C19H16F5NO4/c1-2-28-17(27)18(19(22,23)24,29-11-12-7-4-3-5-8-12)25-16(26)15-13(20)9-6-10-14(15)21/h3-10H,2,11H2,1H3,(H,25,26)/t18-/m1/s1. The molecule has 1 atom stereocenters. The molecule has 10 heteroatoms. The lowest BCUT2D eigenvalue weighted by Crippen LogP contribution is -2.66. The SMILES string of the molecule is CCOC(=O)[C@@](NC(=O)c1c(F)cccc1F)(OCc1ccccc1)C(F)(F)F. The first-order valence-electron chi connectivity index (χ1n) is 8.30. The fraction of sp³-hybridized carbons (Fsp3) is 0.263. The van der Waals surface area contributed by atoms with Crippen LogP contribution >= 0.6 is 0 Å². The molecule has 5 nitrogen and oxygen atoms in total. The number of alkyl halides is 3. The highest BCUT2D eigenvalue weighted by molar-refractivity contribution is 5.98. The summed E-state index contributed by atoms with van der Waals surface area (Å²) in [5.74, 6) is -6.64. The van der Waals surface area contributed by atoms with Crippen LogP contribution < -0.4 is 5.32 Å². The molecule has 2 aromatic carbocycles. The molecule has 0 aromatic heterocycles. The van der Waals surface area contributed by atoms with Gasteiger partial charge in [-0.1, -0.05) is 36.4 Å². The average molecular weight is 417 g/mol. The van der Waals surface area contributed by atoms with Crippen LogP contribution in [0.2, 0.25) is 0 Å². The first kappa shape index (κ1) is 22.3. The number of carbonyl (C=O) groups is 2. The fourth-order valence-corrected chi connectivity index (χ4v) is 2.35. The average Bonchev–Trinajstić information content (AvgIpc) is 2.65. The van der Waals surface area contributed by atoms with Crippen LogP contribution in [0.4, 0.5) is 22.0 Å². The van der Waals surface area contributed by atoms with Crippen molar-refractivity contribution < 1.29 is 41.0 Å². The molecule has 0 unspecified atom stereocenters. The minimum absolute atomic E-state index is 0.247. The summed E-state index contributed by atoms with van der Waals surface area (Å²) in [5.41, 5.74) is -5.03. The predicted octanol–water partition coefficient (Wildman–Crippen LogP) is 3.73. The second kappa shape index (κ2) is 8.99. The Bertz CT molecular complexity index is 852. The van der Waals surface area contributed by atoms with Crippen LogP contribution in [0, 0.1) is 11.6 Å². The van der Waals surface area contributed by atoms with E-state index in [9.17, 15) is 31.5 Å². The van der Waals surface area contributed by atoms with E-state index in [1.807, 2.05) is 0 Å². The molecule has 0 aliphatic heterocycles. The molecule has 0 spiro atoms. The lowest BCUT2D eigenvalue weighted by Gasteiger charge is -2.33. The molecule has 2 rings (SSSR count). The molecule has 0 radical (unpaired) electrons. The molecule has 0 aliphatic rings. The highest BCUT2D eigenvalue weighted by Gasteiger charge is 2.65. The smallest absolute Gasteiger partial charge is 0.448 e. The van der Waals surface area contributed by atoms with Crippen molar-refractivity contribution in [3.05, 3.63) is 71.3 Å². The van der Waals surface area contributed by atoms with Gasteiger partial charge in [0.1, 0.15) is 17.2 Å². The molecular formula is C19H16F5NO4. The number of carbonyl (C=O) groups excluding carboxylic acids is 2. The minimum Gasteiger partial charge on any atom is -0.462 e. The Hall–Kier alpha value is -3.01. The van der Waals surface area contributed by atoms with Crippen molar-refractivity contribution in [2.45, 2.75) is 25.4 Å². The zero-order chi connectivity index (χ0) is 21.7. The first-order valence-corrected chi connectivity index (χ1v) is 8.30. The van der Waals surface area contributed by atoms with Gasteiger partial charge in [0.15, 0.2) is 0 Å². The number of esters is 1. The number of nitrogens with one attached hydrogen (secondary N) is 1. The van der Waals surface area contributed by atoms with Gasteiger partial charge in [-0.25, -0.2) is 13.6 Å². The Morgan fingerprint density at radius 2 is 1.55 bits per heavy atom. The van der Waals surface area contributed by atoms with E-state index in [1.165, 1.54) is 36.5 Å². The third kappa shape index (κ3) is 4.89. The quantitative estimate of drug-likeness (QED) is 0.424. The van der Waals surface area contributed by atoms with Crippen molar-refractivity contribution in [2.75, 3.05) is 6.61 Å². The second-order valence-corrected chi connectivity index (χ2v) is 5.72. The third-order valence-electron chi connectivity index (χ3n) is 3.74.